The molecular formula is C22H25N9O7. The summed E-state index contributed by atoms with van der Waals surface area (Å²) in [4.78, 5) is 56.4. The van der Waals surface area contributed by atoms with Crippen molar-refractivity contribution in [1.29, 1.82) is 0 Å². The largest absolute Gasteiger partial charge is 0.480 e. The summed E-state index contributed by atoms with van der Waals surface area (Å²) in [5.74, 6) is -3.43. The van der Waals surface area contributed by atoms with Crippen LogP contribution in [0.25, 0.3) is 0 Å². The third-order valence-electron chi connectivity index (χ3n) is 4.92. The van der Waals surface area contributed by atoms with Crippen LogP contribution in [-0.2, 0) is 19.2 Å². The molecule has 38 heavy (non-hydrogen) atoms. The molecular weight excluding hydrogens is 502 g/mol. The van der Waals surface area contributed by atoms with Gasteiger partial charge in [-0.15, -0.1) is 0 Å². The molecule has 0 bridgehead atoms. The fraction of sp³-hybridized carbons (Fsp3) is 0.273. The zero-order valence-electron chi connectivity index (χ0n) is 19.9. The maximum atomic E-state index is 12.5. The van der Waals surface area contributed by atoms with E-state index < -0.39 is 43.4 Å². The Morgan fingerprint density at radius 3 is 1.74 bits per heavy atom. The summed E-state index contributed by atoms with van der Waals surface area (Å²) in [6, 6.07) is 8.53. The molecule has 2 aromatic heterocycles. The Morgan fingerprint density at radius 2 is 1.29 bits per heavy atom. The van der Waals surface area contributed by atoms with Gasteiger partial charge in [0.05, 0.1) is 38.1 Å². The van der Waals surface area contributed by atoms with Crippen LogP contribution in [0, 0.1) is 0 Å². The van der Waals surface area contributed by atoms with E-state index in [1.165, 1.54) is 11.1 Å². The number of hydrogen-bond donors (Lipinski definition) is 6. The highest BCUT2D eigenvalue weighted by molar-refractivity contribution is 6.04. The Bertz CT molecular complexity index is 1200. The van der Waals surface area contributed by atoms with E-state index in [1.807, 2.05) is 6.07 Å². The first-order valence-corrected chi connectivity index (χ1v) is 11.1. The van der Waals surface area contributed by atoms with Gasteiger partial charge in [0, 0.05) is 19.3 Å². The number of aliphatic carboxylic acids is 3. The van der Waals surface area contributed by atoms with E-state index >= 15 is 0 Å². The average molecular weight is 527 g/mol. The fourth-order valence-electron chi connectivity index (χ4n) is 3.30. The summed E-state index contributed by atoms with van der Waals surface area (Å²) >= 11 is 0. The maximum absolute atomic E-state index is 12.5. The Kier molecular flexibility index (Phi) is 9.72. The highest BCUT2D eigenvalue weighted by Gasteiger charge is 2.19. The highest BCUT2D eigenvalue weighted by atomic mass is 16.4. The molecule has 16 heteroatoms. The number of rotatable bonds is 14. The van der Waals surface area contributed by atoms with Gasteiger partial charge < -0.3 is 20.6 Å². The summed E-state index contributed by atoms with van der Waals surface area (Å²) in [5.41, 5.74) is 6.95. The predicted molar refractivity (Wildman–Crippen MR) is 132 cm³/mol. The minimum Gasteiger partial charge on any atom is -0.480 e. The summed E-state index contributed by atoms with van der Waals surface area (Å²) in [6.07, 6.45) is 3.01. The Morgan fingerprint density at radius 1 is 0.737 bits per heavy atom. The molecule has 0 spiro atoms. The van der Waals surface area contributed by atoms with E-state index in [0.717, 1.165) is 4.90 Å². The first-order chi connectivity index (χ1) is 18.2. The third kappa shape index (κ3) is 8.92. The molecule has 6 N–H and O–H groups in total. The van der Waals surface area contributed by atoms with Crippen LogP contribution >= 0.6 is 0 Å². The second-order valence-corrected chi connectivity index (χ2v) is 7.94. The number of aromatic nitrogens is 2. The van der Waals surface area contributed by atoms with Crippen LogP contribution in [0.3, 0.4) is 0 Å². The topological polar surface area (TPSA) is 222 Å². The van der Waals surface area contributed by atoms with E-state index in [9.17, 15) is 19.2 Å². The number of amides is 1. The van der Waals surface area contributed by atoms with Gasteiger partial charge in [0.25, 0.3) is 0 Å². The predicted octanol–water partition coefficient (Wildman–Crippen LogP) is -1.51. The molecule has 0 saturated heterocycles. The number of hydrazone groups is 2. The van der Waals surface area contributed by atoms with Crippen molar-refractivity contribution >= 4 is 41.2 Å². The summed E-state index contributed by atoms with van der Waals surface area (Å²) in [7, 11) is 0. The first kappa shape index (κ1) is 27.6. The van der Waals surface area contributed by atoms with E-state index in [2.05, 4.69) is 36.3 Å². The molecule has 0 aromatic carbocycles. The number of nitrogens with one attached hydrogen (secondary N) is 3. The van der Waals surface area contributed by atoms with E-state index in [-0.39, 0.29) is 19.6 Å². The highest BCUT2D eigenvalue weighted by Crippen LogP contribution is 2.08. The minimum atomic E-state index is -1.23. The zero-order valence-corrected chi connectivity index (χ0v) is 19.9. The lowest BCUT2D eigenvalue weighted by Gasteiger charge is -2.24. The number of pyridine rings is 2. The number of nitrogens with zero attached hydrogens (tertiary/aromatic N) is 6. The van der Waals surface area contributed by atoms with Gasteiger partial charge in [-0.3, -0.25) is 49.8 Å². The van der Waals surface area contributed by atoms with Crippen LogP contribution in [0.5, 0.6) is 0 Å². The van der Waals surface area contributed by atoms with Crippen molar-refractivity contribution < 1.29 is 34.5 Å². The molecule has 200 valence electrons. The molecule has 0 saturated carbocycles. The molecule has 0 radical (unpaired) electrons. The molecule has 1 aliphatic rings. The van der Waals surface area contributed by atoms with Crippen LogP contribution in [-0.4, -0.2) is 110 Å². The second-order valence-electron chi connectivity index (χ2n) is 7.94. The van der Waals surface area contributed by atoms with Gasteiger partial charge in [0.2, 0.25) is 5.91 Å². The van der Waals surface area contributed by atoms with Crippen molar-refractivity contribution in [3.8, 4) is 0 Å². The Hall–Kier alpha value is -4.96. The molecule has 0 fully saturated rings. The van der Waals surface area contributed by atoms with Crippen LogP contribution in [0.2, 0.25) is 0 Å². The van der Waals surface area contributed by atoms with Crippen molar-refractivity contribution in [2.24, 2.45) is 10.2 Å². The number of carbonyl (C=O) groups is 4. The molecule has 0 unspecified atom stereocenters. The lowest BCUT2D eigenvalue weighted by molar-refractivity contribution is -0.143. The van der Waals surface area contributed by atoms with Crippen LogP contribution in [0.15, 0.2) is 52.9 Å². The Balaban J connectivity index is 1.54. The van der Waals surface area contributed by atoms with Gasteiger partial charge >= 0.3 is 17.9 Å². The summed E-state index contributed by atoms with van der Waals surface area (Å²) < 4.78 is 0. The number of amidine groups is 2. The standard InChI is InChI=1S/C22H25N9O7/c32-17(10-30(11-18(33)34)7-8-31(12-19(35)36)13-20(37)38)25-14-4-5-16(24-9-14)22-28-26-21(27-29-22)15-3-1-2-6-23-15/h1-6,9H,7-8,10-13H2,(H,25,32)(H,26,27)(H,28,29)(H,33,34)(H,35,36)(H,37,38). The lowest BCUT2D eigenvalue weighted by atomic mass is 10.3. The molecule has 16 nitrogen and oxygen atoms in total. The number of hydrogen-bond acceptors (Lipinski definition) is 12. The molecule has 0 aliphatic carbocycles. The number of carboxylic acids is 3. The first-order valence-electron chi connectivity index (χ1n) is 11.1. The van der Waals surface area contributed by atoms with Crippen molar-refractivity contribution in [3.63, 3.8) is 0 Å². The normalized spacial score (nSPS) is 12.7. The molecule has 1 amide bonds. The van der Waals surface area contributed by atoms with Crippen LogP contribution in [0.1, 0.15) is 11.4 Å². The third-order valence-corrected chi connectivity index (χ3v) is 4.92. The van der Waals surface area contributed by atoms with E-state index in [1.54, 1.807) is 30.5 Å². The summed E-state index contributed by atoms with van der Waals surface area (Å²) in [6.45, 7) is -2.02. The molecule has 3 heterocycles. The van der Waals surface area contributed by atoms with Gasteiger partial charge in [-0.05, 0) is 24.3 Å². The minimum absolute atomic E-state index is 0.0447. The lowest BCUT2D eigenvalue weighted by Crippen LogP contribution is -2.44. The van der Waals surface area contributed by atoms with Crippen molar-refractivity contribution in [2.45, 2.75) is 0 Å². The zero-order chi connectivity index (χ0) is 27.5. The maximum Gasteiger partial charge on any atom is 0.317 e. The molecule has 0 atom stereocenters. The monoisotopic (exact) mass is 527 g/mol. The average Bonchev–Trinajstić information content (AvgIpc) is 2.87. The SMILES string of the molecule is O=C(O)CN(CCN(CC(=O)O)CC(=O)Nc1ccc(C2=NNC(c3ccccn3)=NN2)nc1)CC(=O)O. The molecule has 2 aromatic rings. The van der Waals surface area contributed by atoms with Crippen molar-refractivity contribution in [2.75, 3.05) is 44.6 Å². The van der Waals surface area contributed by atoms with Gasteiger partial charge in [-0.1, -0.05) is 6.07 Å². The van der Waals surface area contributed by atoms with Gasteiger partial charge in [0.15, 0.2) is 11.7 Å². The molecule has 3 rings (SSSR count). The smallest absolute Gasteiger partial charge is 0.317 e. The quantitative estimate of drug-likeness (QED) is 0.165. The van der Waals surface area contributed by atoms with Crippen molar-refractivity contribution in [1.82, 2.24) is 30.6 Å². The second kappa shape index (κ2) is 13.4. The number of carboxylic acid groups (broad SMARTS) is 3. The van der Waals surface area contributed by atoms with Gasteiger partial charge in [-0.25, -0.2) is 0 Å². The molecule has 1 aliphatic heterocycles. The van der Waals surface area contributed by atoms with E-state index in [0.29, 0.717) is 28.7 Å². The Labute approximate surface area is 215 Å². The van der Waals surface area contributed by atoms with Crippen LogP contribution in [0.4, 0.5) is 5.69 Å². The number of carbonyl (C=O) groups excluding carboxylic acids is 1. The van der Waals surface area contributed by atoms with E-state index in [4.69, 9.17) is 15.3 Å². The van der Waals surface area contributed by atoms with Crippen LogP contribution < -0.4 is 16.2 Å². The van der Waals surface area contributed by atoms with Gasteiger partial charge in [-0.2, -0.15) is 10.2 Å². The number of anilines is 1. The van der Waals surface area contributed by atoms with Crippen molar-refractivity contribution in [3.05, 3.63) is 54.1 Å². The van der Waals surface area contributed by atoms with Gasteiger partial charge in [0.1, 0.15) is 11.4 Å². The fourth-order valence-corrected chi connectivity index (χ4v) is 3.30. The summed E-state index contributed by atoms with van der Waals surface area (Å²) in [5, 5.41) is 38.0.